The summed E-state index contributed by atoms with van der Waals surface area (Å²) in [7, 11) is 0. The van der Waals surface area contributed by atoms with Crippen molar-refractivity contribution in [1.82, 2.24) is 0 Å². The van der Waals surface area contributed by atoms with Gasteiger partial charge in [0.15, 0.2) is 30.5 Å². The molecule has 0 spiro atoms. The largest absolute Gasteiger partial charge is 0.463 e. The maximum absolute atomic E-state index is 13.6. The molecule has 0 aromatic heterocycles. The fourth-order valence-electron chi connectivity index (χ4n) is 5.55. The standard InChI is InChI=1S/C44H70O19/c1-20(2)35(45)53-17-28-30(57-38(48)23(7)8)32(59-40(50)25(11)12)33(60-41(51)26(13)14)43(56-28)63-44(19-55-37(47)22(5)6)34(61-42(52)27(15)16)31(58-39(49)24(9)10)29(62-44)18-54-36(46)21(3)4/h20-34,43H,17-19H2,1-16H3/t28-,29-,30-,31-,32+,33-,34+,43-,44+/m1/s1. The number of carbonyl (C=O) groups is 8. The molecule has 0 radical (unpaired) electrons. The molecular formula is C44H70O19. The third kappa shape index (κ3) is 15.4. The molecule has 360 valence electrons. The lowest BCUT2D eigenvalue weighted by molar-refractivity contribution is -0.385. The van der Waals surface area contributed by atoms with Crippen LogP contribution in [0.4, 0.5) is 0 Å². The quantitative estimate of drug-likeness (QED) is 0.115. The van der Waals surface area contributed by atoms with Crippen LogP contribution in [-0.4, -0.2) is 122 Å². The molecule has 0 aromatic rings. The molecule has 2 fully saturated rings. The molecule has 0 N–H and O–H groups in total. The van der Waals surface area contributed by atoms with Crippen molar-refractivity contribution in [2.75, 3.05) is 19.8 Å². The molecule has 0 bridgehead atoms. The van der Waals surface area contributed by atoms with E-state index in [0.29, 0.717) is 0 Å². The molecule has 2 rings (SSSR count). The minimum absolute atomic E-state index is 0.598. The predicted molar refractivity (Wildman–Crippen MR) is 218 cm³/mol. The zero-order chi connectivity index (χ0) is 48.3. The van der Waals surface area contributed by atoms with Crippen molar-refractivity contribution in [2.45, 2.75) is 166 Å². The summed E-state index contributed by atoms with van der Waals surface area (Å²) in [5.74, 6) is -14.6. The van der Waals surface area contributed by atoms with Crippen LogP contribution in [0.15, 0.2) is 0 Å². The average Bonchev–Trinajstić information content (AvgIpc) is 3.46. The molecule has 2 saturated heterocycles. The summed E-state index contributed by atoms with van der Waals surface area (Å²) in [6, 6.07) is 0. The lowest BCUT2D eigenvalue weighted by Gasteiger charge is -2.47. The van der Waals surface area contributed by atoms with Gasteiger partial charge in [0.1, 0.15) is 32.0 Å². The second kappa shape index (κ2) is 24.1. The number of hydrogen-bond acceptors (Lipinski definition) is 19. The van der Waals surface area contributed by atoms with Gasteiger partial charge in [-0.1, -0.05) is 111 Å². The van der Waals surface area contributed by atoms with Gasteiger partial charge >= 0.3 is 47.8 Å². The predicted octanol–water partition coefficient (Wildman–Crippen LogP) is 4.26. The number of rotatable bonds is 21. The maximum atomic E-state index is 13.6. The Morgan fingerprint density at radius 1 is 0.397 bits per heavy atom. The van der Waals surface area contributed by atoms with Crippen molar-refractivity contribution in [2.24, 2.45) is 47.3 Å². The summed E-state index contributed by atoms with van der Waals surface area (Å²) < 4.78 is 66.2. The van der Waals surface area contributed by atoms with E-state index >= 15 is 0 Å². The third-order valence-electron chi connectivity index (χ3n) is 9.57. The minimum Gasteiger partial charge on any atom is -0.463 e. The molecule has 9 atom stereocenters. The second-order valence-corrected chi connectivity index (χ2v) is 18.2. The first-order chi connectivity index (χ1) is 29.1. The highest BCUT2D eigenvalue weighted by Gasteiger charge is 2.65. The van der Waals surface area contributed by atoms with E-state index in [1.165, 1.54) is 41.5 Å². The monoisotopic (exact) mass is 902 g/mol. The molecule has 0 unspecified atom stereocenters. The third-order valence-corrected chi connectivity index (χ3v) is 9.57. The van der Waals surface area contributed by atoms with Gasteiger partial charge in [-0.2, -0.15) is 0 Å². The van der Waals surface area contributed by atoms with Crippen LogP contribution >= 0.6 is 0 Å². The van der Waals surface area contributed by atoms with Gasteiger partial charge in [0.05, 0.1) is 47.3 Å². The van der Waals surface area contributed by atoms with Gasteiger partial charge in [0, 0.05) is 0 Å². The Morgan fingerprint density at radius 3 is 1.14 bits per heavy atom. The van der Waals surface area contributed by atoms with Gasteiger partial charge < -0.3 is 52.1 Å². The lowest BCUT2D eigenvalue weighted by atomic mass is 9.96. The summed E-state index contributed by atoms with van der Waals surface area (Å²) in [4.78, 5) is 106. The van der Waals surface area contributed by atoms with Crippen molar-refractivity contribution in [1.29, 1.82) is 0 Å². The SMILES string of the molecule is CC(C)C(=O)OC[C@H]1O[C@@](COC(=O)C(C)C)(O[C@H]2O[C@H](COC(=O)C(C)C)[C@@H](OC(=O)C(C)C)[C@H](OC(=O)C(C)C)[C@H]2OC(=O)C(C)C)[C@@H](OC(=O)C(C)C)[C@@H]1OC(=O)C(C)C. The fourth-order valence-corrected chi connectivity index (χ4v) is 5.55. The maximum Gasteiger partial charge on any atom is 0.308 e. The van der Waals surface area contributed by atoms with E-state index in [-0.39, 0.29) is 0 Å². The zero-order valence-electron chi connectivity index (χ0n) is 39.6. The molecule has 0 saturated carbocycles. The highest BCUT2D eigenvalue weighted by atomic mass is 16.8. The lowest BCUT2D eigenvalue weighted by Crippen LogP contribution is -2.66. The van der Waals surface area contributed by atoms with Crippen LogP contribution in [-0.2, 0) is 90.5 Å². The summed E-state index contributed by atoms with van der Waals surface area (Å²) in [5.41, 5.74) is 0. The van der Waals surface area contributed by atoms with Gasteiger partial charge in [-0.05, 0) is 0 Å². The molecule has 2 aliphatic rings. The number of carbonyl (C=O) groups excluding carboxylic acids is 8. The Labute approximate surface area is 370 Å². The zero-order valence-corrected chi connectivity index (χ0v) is 39.6. The Hall–Kier alpha value is -4.36. The van der Waals surface area contributed by atoms with Crippen LogP contribution in [0.3, 0.4) is 0 Å². The molecule has 0 aliphatic carbocycles. The van der Waals surface area contributed by atoms with Crippen LogP contribution < -0.4 is 0 Å². The van der Waals surface area contributed by atoms with Gasteiger partial charge in [0.25, 0.3) is 0 Å². The van der Waals surface area contributed by atoms with Gasteiger partial charge in [-0.25, -0.2) is 0 Å². The second-order valence-electron chi connectivity index (χ2n) is 18.2. The van der Waals surface area contributed by atoms with Crippen LogP contribution in [0.5, 0.6) is 0 Å². The van der Waals surface area contributed by atoms with E-state index in [9.17, 15) is 38.4 Å². The summed E-state index contributed by atoms with van der Waals surface area (Å²) in [5, 5.41) is 0. The first-order valence-electron chi connectivity index (χ1n) is 21.7. The molecule has 19 nitrogen and oxygen atoms in total. The van der Waals surface area contributed by atoms with Crippen LogP contribution in [0.1, 0.15) is 111 Å². The van der Waals surface area contributed by atoms with E-state index in [2.05, 4.69) is 0 Å². The molecule has 2 heterocycles. The minimum atomic E-state index is -2.56. The first-order valence-corrected chi connectivity index (χ1v) is 21.7. The Balaban J connectivity index is 3.09. The van der Waals surface area contributed by atoms with Crippen molar-refractivity contribution >= 4 is 47.8 Å². The van der Waals surface area contributed by atoms with Crippen LogP contribution in [0.2, 0.25) is 0 Å². The topological polar surface area (TPSA) is 238 Å². The first kappa shape index (κ1) is 54.8. The Kier molecular flexibility index (Phi) is 20.9. The smallest absolute Gasteiger partial charge is 0.308 e. The van der Waals surface area contributed by atoms with E-state index in [1.807, 2.05) is 0 Å². The highest BCUT2D eigenvalue weighted by molar-refractivity contribution is 5.75. The Bertz CT molecular complexity index is 1600. The summed E-state index contributed by atoms with van der Waals surface area (Å²) in [6.45, 7) is 22.6. The van der Waals surface area contributed by atoms with Crippen LogP contribution in [0.25, 0.3) is 0 Å². The van der Waals surface area contributed by atoms with Crippen molar-refractivity contribution in [3.8, 4) is 0 Å². The number of hydrogen-bond donors (Lipinski definition) is 0. The van der Waals surface area contributed by atoms with Crippen LogP contribution in [0, 0.1) is 47.3 Å². The summed E-state index contributed by atoms with van der Waals surface area (Å²) in [6.07, 6.45) is -13.6. The molecule has 2 aliphatic heterocycles. The number of esters is 8. The highest BCUT2D eigenvalue weighted by Crippen LogP contribution is 2.42. The number of ether oxygens (including phenoxy) is 11. The molecule has 0 amide bonds. The fraction of sp³-hybridized carbons (Fsp3) is 0.818. The van der Waals surface area contributed by atoms with Gasteiger partial charge in [-0.15, -0.1) is 0 Å². The van der Waals surface area contributed by atoms with Crippen molar-refractivity contribution < 1.29 is 90.5 Å². The van der Waals surface area contributed by atoms with E-state index in [0.717, 1.165) is 0 Å². The van der Waals surface area contributed by atoms with E-state index in [1.54, 1.807) is 69.2 Å². The summed E-state index contributed by atoms with van der Waals surface area (Å²) >= 11 is 0. The molecule has 63 heavy (non-hydrogen) atoms. The normalized spacial score (nSPS) is 26.0. The van der Waals surface area contributed by atoms with Crippen molar-refractivity contribution in [3.05, 3.63) is 0 Å². The van der Waals surface area contributed by atoms with Gasteiger partial charge in [-0.3, -0.25) is 38.4 Å². The average molecular weight is 903 g/mol. The van der Waals surface area contributed by atoms with E-state index in [4.69, 9.17) is 52.1 Å². The molecule has 0 aromatic carbocycles. The molecular weight excluding hydrogens is 832 g/mol. The van der Waals surface area contributed by atoms with Gasteiger partial charge in [0.2, 0.25) is 12.1 Å². The van der Waals surface area contributed by atoms with Crippen molar-refractivity contribution in [3.63, 3.8) is 0 Å². The molecule has 19 heteroatoms. The van der Waals surface area contributed by atoms with E-state index < -0.39 is 170 Å². The Morgan fingerprint density at radius 2 is 0.730 bits per heavy atom.